The van der Waals surface area contributed by atoms with E-state index in [2.05, 4.69) is 36.4 Å². The zero-order valence-electron chi connectivity index (χ0n) is 8.72. The Morgan fingerprint density at radius 3 is 2.57 bits per heavy atom. The molecule has 3 nitrogen and oxygen atoms in total. The van der Waals surface area contributed by atoms with Crippen LogP contribution >= 0.6 is 11.6 Å². The number of rotatable bonds is 3. The predicted octanol–water partition coefficient (Wildman–Crippen LogP) is 0.583. The smallest absolute Gasteiger partial charge is 0.235 e. The molecule has 5 heteroatoms. The minimum absolute atomic E-state index is 0.0891. The molecule has 0 heterocycles. The summed E-state index contributed by atoms with van der Waals surface area (Å²) in [6.45, 7) is 6.40. The summed E-state index contributed by atoms with van der Waals surface area (Å²) in [7, 11) is -1.44. The zero-order chi connectivity index (χ0) is 11.2. The second-order valence-electron chi connectivity index (χ2n) is 3.97. The summed E-state index contributed by atoms with van der Waals surface area (Å²) in [6.07, 6.45) is -0.797. The van der Waals surface area contributed by atoms with E-state index in [1.54, 1.807) is 0 Å². The van der Waals surface area contributed by atoms with E-state index in [0.29, 0.717) is 0 Å². The molecule has 0 aromatic carbocycles. The van der Waals surface area contributed by atoms with Gasteiger partial charge in [0.15, 0.2) is 0 Å². The number of aliphatic hydroxyl groups excluding tert-OH is 1. The second kappa shape index (κ2) is 6.07. The molecule has 80 valence electrons. The average Bonchev–Trinajstić information content (AvgIpc) is 2.09. The van der Waals surface area contributed by atoms with Gasteiger partial charge < -0.3 is 10.4 Å². The largest absolute Gasteiger partial charge is 0.379 e. The van der Waals surface area contributed by atoms with Gasteiger partial charge in [-0.3, -0.25) is 4.79 Å². The van der Waals surface area contributed by atoms with E-state index < -0.39 is 14.2 Å². The van der Waals surface area contributed by atoms with Crippen LogP contribution in [0.1, 0.15) is 0 Å². The maximum absolute atomic E-state index is 10.7. The highest BCUT2D eigenvalue weighted by molar-refractivity contribution is 6.83. The van der Waals surface area contributed by atoms with Crippen LogP contribution in [0.5, 0.6) is 0 Å². The van der Waals surface area contributed by atoms with Gasteiger partial charge in [0, 0.05) is 0 Å². The van der Waals surface area contributed by atoms with Crippen LogP contribution in [0.2, 0.25) is 19.6 Å². The third-order valence-electron chi connectivity index (χ3n) is 1.23. The third-order valence-corrected chi connectivity index (χ3v) is 2.36. The van der Waals surface area contributed by atoms with Gasteiger partial charge in [0.25, 0.3) is 0 Å². The maximum Gasteiger partial charge on any atom is 0.235 e. The number of nitrogens with one attached hydrogen (secondary N) is 1. The van der Waals surface area contributed by atoms with E-state index in [9.17, 15) is 9.90 Å². The highest BCUT2D eigenvalue weighted by Gasteiger charge is 2.09. The molecule has 2 N–H and O–H groups in total. The lowest BCUT2D eigenvalue weighted by Crippen LogP contribution is -2.32. The van der Waals surface area contributed by atoms with Crippen LogP contribution in [0.25, 0.3) is 0 Å². The number of hydrogen-bond acceptors (Lipinski definition) is 2. The number of carbonyl (C=O) groups excluding carboxylic acids is 1. The number of halogens is 1. The molecule has 0 saturated heterocycles. The molecule has 0 unspecified atom stereocenters. The average molecular weight is 234 g/mol. The molecular formula is C9H16ClNO2Si. The van der Waals surface area contributed by atoms with Gasteiger partial charge in [-0.1, -0.05) is 25.6 Å². The van der Waals surface area contributed by atoms with Crippen molar-refractivity contribution in [3.05, 3.63) is 0 Å². The summed E-state index contributed by atoms with van der Waals surface area (Å²) < 4.78 is 0. The Morgan fingerprint density at radius 2 is 2.14 bits per heavy atom. The van der Waals surface area contributed by atoms with Crippen molar-refractivity contribution in [1.29, 1.82) is 0 Å². The lowest BCUT2D eigenvalue weighted by molar-refractivity contribution is -0.118. The van der Waals surface area contributed by atoms with Crippen LogP contribution in [0.3, 0.4) is 0 Å². The summed E-state index contributed by atoms with van der Waals surface area (Å²) in [5, 5.41) is 11.8. The highest BCUT2D eigenvalue weighted by atomic mass is 35.5. The van der Waals surface area contributed by atoms with E-state index in [4.69, 9.17) is 11.6 Å². The Labute approximate surface area is 90.8 Å². The van der Waals surface area contributed by atoms with Gasteiger partial charge in [-0.25, -0.2) is 0 Å². The van der Waals surface area contributed by atoms with Gasteiger partial charge in [0.2, 0.25) is 5.91 Å². The Bertz CT molecular complexity index is 252. The minimum atomic E-state index is -1.44. The Kier molecular flexibility index (Phi) is 5.85. The van der Waals surface area contributed by atoms with Crippen LogP contribution in [0, 0.1) is 11.5 Å². The van der Waals surface area contributed by atoms with Crippen LogP contribution in [-0.4, -0.2) is 37.6 Å². The van der Waals surface area contributed by atoms with Gasteiger partial charge in [-0.05, 0) is 0 Å². The van der Waals surface area contributed by atoms with E-state index >= 15 is 0 Å². The molecule has 0 aromatic rings. The highest BCUT2D eigenvalue weighted by Crippen LogP contribution is 1.96. The van der Waals surface area contributed by atoms with Crippen molar-refractivity contribution in [3.8, 4) is 11.5 Å². The lowest BCUT2D eigenvalue weighted by atomic mass is 10.4. The summed E-state index contributed by atoms with van der Waals surface area (Å²) in [4.78, 5) is 10.7. The fourth-order valence-corrected chi connectivity index (χ4v) is 1.30. The lowest BCUT2D eigenvalue weighted by Gasteiger charge is -2.07. The summed E-state index contributed by atoms with van der Waals surface area (Å²) in [5.41, 5.74) is 3.02. The number of aliphatic hydroxyl groups is 1. The van der Waals surface area contributed by atoms with Crippen LogP contribution < -0.4 is 5.32 Å². The van der Waals surface area contributed by atoms with E-state index in [1.165, 1.54) is 0 Å². The Hall–Kier alpha value is -0.503. The third kappa shape index (κ3) is 8.11. The van der Waals surface area contributed by atoms with Crippen molar-refractivity contribution in [2.24, 2.45) is 0 Å². The normalized spacial score (nSPS) is 12.6. The number of carbonyl (C=O) groups is 1. The van der Waals surface area contributed by atoms with E-state index in [0.717, 1.165) is 0 Å². The molecule has 0 saturated carbocycles. The van der Waals surface area contributed by atoms with E-state index in [1.807, 2.05) is 0 Å². The molecule has 0 aliphatic carbocycles. The molecule has 0 radical (unpaired) electrons. The quantitative estimate of drug-likeness (QED) is 0.426. The Balaban J connectivity index is 3.91. The standard InChI is InChI=1S/C9H16ClNO2Si/c1-14(2,3)5-4-8(12)7-11-9(13)6-10/h8,12H,6-7H2,1-3H3,(H,11,13)/t8-/m0/s1. The molecular weight excluding hydrogens is 218 g/mol. The number of hydrogen-bond donors (Lipinski definition) is 2. The molecule has 0 aliphatic heterocycles. The number of amides is 1. The maximum atomic E-state index is 10.7. The number of alkyl halides is 1. The topological polar surface area (TPSA) is 49.3 Å². The fraction of sp³-hybridized carbons (Fsp3) is 0.667. The molecule has 0 aromatic heterocycles. The zero-order valence-corrected chi connectivity index (χ0v) is 10.5. The molecule has 0 spiro atoms. The van der Waals surface area contributed by atoms with Gasteiger partial charge in [0.1, 0.15) is 20.1 Å². The predicted molar refractivity (Wildman–Crippen MR) is 60.9 cm³/mol. The molecule has 0 fully saturated rings. The molecule has 0 bridgehead atoms. The molecule has 0 rings (SSSR count). The first-order chi connectivity index (χ1) is 6.35. The minimum Gasteiger partial charge on any atom is -0.379 e. The molecule has 14 heavy (non-hydrogen) atoms. The fourth-order valence-electron chi connectivity index (χ4n) is 0.609. The van der Waals surface area contributed by atoms with Crippen LogP contribution in [0.15, 0.2) is 0 Å². The van der Waals surface area contributed by atoms with E-state index in [-0.39, 0.29) is 18.3 Å². The Morgan fingerprint density at radius 1 is 1.57 bits per heavy atom. The van der Waals surface area contributed by atoms with Crippen molar-refractivity contribution >= 4 is 25.6 Å². The van der Waals surface area contributed by atoms with Crippen molar-refractivity contribution in [1.82, 2.24) is 5.32 Å². The van der Waals surface area contributed by atoms with Gasteiger partial charge >= 0.3 is 0 Å². The summed E-state index contributed by atoms with van der Waals surface area (Å²) in [5.74, 6) is 2.33. The SMILES string of the molecule is C[Si](C)(C)C#C[C@H](O)CNC(=O)CCl. The van der Waals surface area contributed by atoms with Gasteiger partial charge in [-0.15, -0.1) is 17.1 Å². The summed E-state index contributed by atoms with van der Waals surface area (Å²) >= 11 is 5.26. The van der Waals surface area contributed by atoms with Gasteiger partial charge in [0.05, 0.1) is 6.54 Å². The molecule has 1 amide bonds. The summed E-state index contributed by atoms with van der Waals surface area (Å²) in [6, 6.07) is 0. The van der Waals surface area contributed by atoms with Crippen molar-refractivity contribution in [2.45, 2.75) is 25.7 Å². The first-order valence-corrected chi connectivity index (χ1v) is 8.42. The van der Waals surface area contributed by atoms with Crippen LogP contribution in [0.4, 0.5) is 0 Å². The van der Waals surface area contributed by atoms with Crippen molar-refractivity contribution < 1.29 is 9.90 Å². The first-order valence-electron chi connectivity index (χ1n) is 4.38. The first kappa shape index (κ1) is 13.5. The van der Waals surface area contributed by atoms with Gasteiger partial charge in [-0.2, -0.15) is 0 Å². The molecule has 1 atom stereocenters. The molecule has 0 aliphatic rings. The van der Waals surface area contributed by atoms with Crippen LogP contribution in [-0.2, 0) is 4.79 Å². The van der Waals surface area contributed by atoms with Crippen molar-refractivity contribution in [3.63, 3.8) is 0 Å². The monoisotopic (exact) mass is 233 g/mol. The second-order valence-corrected chi connectivity index (χ2v) is 8.99. The van der Waals surface area contributed by atoms with Crippen molar-refractivity contribution in [2.75, 3.05) is 12.4 Å².